The molecule has 0 bridgehead atoms. The Morgan fingerprint density at radius 3 is 2.80 bits per heavy atom. The normalized spacial score (nSPS) is 17.5. The van der Waals surface area contributed by atoms with Crippen LogP contribution in [-0.2, 0) is 0 Å². The lowest BCUT2D eigenvalue weighted by Gasteiger charge is -2.24. The molecule has 106 valence electrons. The molecule has 3 rings (SSSR count). The van der Waals surface area contributed by atoms with Crippen LogP contribution in [0.5, 0.6) is 0 Å². The molecular formula is C15H19N3OS. The fourth-order valence-corrected chi connectivity index (χ4v) is 4.02. The number of thiophene rings is 1. The quantitative estimate of drug-likeness (QED) is 0.891. The predicted octanol–water partition coefficient (Wildman–Crippen LogP) is 3.25. The van der Waals surface area contributed by atoms with Gasteiger partial charge < -0.3 is 11.1 Å². The molecule has 0 radical (unpaired) electrons. The molecule has 1 amide bonds. The monoisotopic (exact) mass is 289 g/mol. The lowest BCUT2D eigenvalue weighted by molar-refractivity contribution is 0.0913. The van der Waals surface area contributed by atoms with Gasteiger partial charge in [-0.3, -0.25) is 4.79 Å². The molecule has 1 saturated carbocycles. The summed E-state index contributed by atoms with van der Waals surface area (Å²) in [5.74, 6) is -0.0608. The highest BCUT2D eigenvalue weighted by atomic mass is 32.1. The van der Waals surface area contributed by atoms with Gasteiger partial charge >= 0.3 is 0 Å². The van der Waals surface area contributed by atoms with E-state index in [1.807, 2.05) is 13.0 Å². The Hall–Kier alpha value is -1.62. The van der Waals surface area contributed by atoms with Crippen LogP contribution in [0.25, 0.3) is 10.2 Å². The zero-order valence-electron chi connectivity index (χ0n) is 11.8. The first-order chi connectivity index (χ1) is 9.50. The summed E-state index contributed by atoms with van der Waals surface area (Å²) in [6.07, 6.45) is 6.20. The molecule has 0 spiro atoms. The second-order valence-corrected chi connectivity index (χ2v) is 6.87. The third kappa shape index (κ3) is 2.16. The first-order valence-corrected chi connectivity index (χ1v) is 7.78. The molecule has 0 aliphatic heterocycles. The van der Waals surface area contributed by atoms with Crippen LogP contribution in [-0.4, -0.2) is 16.4 Å². The fourth-order valence-electron chi connectivity index (χ4n) is 2.98. The number of nitrogens with zero attached hydrogens (tertiary/aromatic N) is 1. The lowest BCUT2D eigenvalue weighted by atomic mass is 10.0. The van der Waals surface area contributed by atoms with Crippen LogP contribution in [0.3, 0.4) is 0 Å². The van der Waals surface area contributed by atoms with Crippen LogP contribution >= 0.6 is 11.3 Å². The summed E-state index contributed by atoms with van der Waals surface area (Å²) in [5, 5.41) is 4.07. The average molecular weight is 289 g/mol. The van der Waals surface area contributed by atoms with Crippen molar-refractivity contribution in [2.24, 2.45) is 0 Å². The third-order valence-corrected chi connectivity index (χ3v) is 5.28. The van der Waals surface area contributed by atoms with E-state index in [0.29, 0.717) is 10.6 Å². The second-order valence-electron chi connectivity index (χ2n) is 5.87. The first kappa shape index (κ1) is 13.4. The van der Waals surface area contributed by atoms with E-state index in [2.05, 4.69) is 17.2 Å². The van der Waals surface area contributed by atoms with E-state index in [-0.39, 0.29) is 11.4 Å². The predicted molar refractivity (Wildman–Crippen MR) is 83.1 cm³/mol. The molecule has 0 aromatic carbocycles. The number of nitrogens with two attached hydrogens (primary N) is 1. The van der Waals surface area contributed by atoms with Crippen molar-refractivity contribution in [3.63, 3.8) is 0 Å². The molecular weight excluding hydrogens is 270 g/mol. The molecule has 1 fully saturated rings. The Kier molecular flexibility index (Phi) is 3.17. The van der Waals surface area contributed by atoms with E-state index in [1.165, 1.54) is 24.2 Å². The number of fused-ring (bicyclic) bond motifs is 1. The lowest BCUT2D eigenvalue weighted by Crippen LogP contribution is -2.43. The number of hydrogen-bond acceptors (Lipinski definition) is 4. The molecule has 2 aromatic heterocycles. The Morgan fingerprint density at radius 2 is 2.15 bits per heavy atom. The number of hydrogen-bond donors (Lipinski definition) is 2. The molecule has 20 heavy (non-hydrogen) atoms. The maximum Gasteiger partial charge on any atom is 0.263 e. The second kappa shape index (κ2) is 4.74. The molecule has 0 saturated heterocycles. The molecule has 2 heterocycles. The van der Waals surface area contributed by atoms with Crippen LogP contribution in [0.4, 0.5) is 5.69 Å². The minimum atomic E-state index is -0.0812. The van der Waals surface area contributed by atoms with E-state index in [9.17, 15) is 4.79 Å². The Morgan fingerprint density at radius 1 is 1.45 bits per heavy atom. The van der Waals surface area contributed by atoms with Gasteiger partial charge in [-0.25, -0.2) is 4.98 Å². The summed E-state index contributed by atoms with van der Waals surface area (Å²) in [7, 11) is 0. The minimum Gasteiger partial charge on any atom is -0.397 e. The summed E-state index contributed by atoms with van der Waals surface area (Å²) in [5.41, 5.74) is 7.72. The summed E-state index contributed by atoms with van der Waals surface area (Å²) >= 11 is 1.38. The van der Waals surface area contributed by atoms with Gasteiger partial charge in [0.15, 0.2) is 0 Å². The number of nitrogen functional groups attached to an aromatic ring is 1. The highest BCUT2D eigenvalue weighted by Crippen LogP contribution is 2.35. The third-order valence-electron chi connectivity index (χ3n) is 4.17. The zero-order chi connectivity index (χ0) is 14.3. The average Bonchev–Trinajstić information content (AvgIpc) is 2.95. The van der Waals surface area contributed by atoms with Crippen LogP contribution in [0.2, 0.25) is 0 Å². The number of nitrogens with one attached hydrogen (secondary N) is 1. The van der Waals surface area contributed by atoms with Crippen molar-refractivity contribution in [3.8, 4) is 0 Å². The molecule has 0 atom stereocenters. The number of carbonyl (C=O) groups excluding carboxylic acids is 1. The number of aryl methyl sites for hydroxylation is 1. The summed E-state index contributed by atoms with van der Waals surface area (Å²) in [6, 6.07) is 1.92. The fraction of sp³-hybridized carbons (Fsp3) is 0.467. The molecule has 3 N–H and O–H groups in total. The molecule has 4 nitrogen and oxygen atoms in total. The van der Waals surface area contributed by atoms with Gasteiger partial charge in [0.05, 0.1) is 5.69 Å². The molecule has 1 aliphatic carbocycles. The van der Waals surface area contributed by atoms with Crippen molar-refractivity contribution < 1.29 is 4.79 Å². The van der Waals surface area contributed by atoms with E-state index < -0.39 is 0 Å². The van der Waals surface area contributed by atoms with Gasteiger partial charge in [0.1, 0.15) is 9.71 Å². The highest BCUT2D eigenvalue weighted by Gasteiger charge is 2.31. The minimum absolute atomic E-state index is 0.0608. The summed E-state index contributed by atoms with van der Waals surface area (Å²) in [6.45, 7) is 4.11. The first-order valence-electron chi connectivity index (χ1n) is 6.96. The van der Waals surface area contributed by atoms with Gasteiger partial charge in [-0.1, -0.05) is 12.8 Å². The number of amides is 1. The smallest absolute Gasteiger partial charge is 0.263 e. The summed E-state index contributed by atoms with van der Waals surface area (Å²) in [4.78, 5) is 18.2. The van der Waals surface area contributed by atoms with E-state index in [4.69, 9.17) is 5.73 Å². The summed E-state index contributed by atoms with van der Waals surface area (Å²) < 4.78 is 0. The number of pyridine rings is 1. The van der Waals surface area contributed by atoms with Crippen molar-refractivity contribution >= 4 is 33.1 Å². The van der Waals surface area contributed by atoms with Gasteiger partial charge in [0, 0.05) is 17.1 Å². The topological polar surface area (TPSA) is 68.0 Å². The van der Waals surface area contributed by atoms with Crippen LogP contribution in [0.15, 0.2) is 12.3 Å². The van der Waals surface area contributed by atoms with Gasteiger partial charge in [-0.2, -0.15) is 0 Å². The van der Waals surface area contributed by atoms with Gasteiger partial charge in [-0.15, -0.1) is 11.3 Å². The Bertz CT molecular complexity index is 671. The van der Waals surface area contributed by atoms with E-state index >= 15 is 0 Å². The van der Waals surface area contributed by atoms with Gasteiger partial charge in [0.25, 0.3) is 5.91 Å². The van der Waals surface area contributed by atoms with Crippen molar-refractivity contribution in [3.05, 3.63) is 22.7 Å². The zero-order valence-corrected chi connectivity index (χ0v) is 12.6. The molecule has 1 aliphatic rings. The highest BCUT2D eigenvalue weighted by molar-refractivity contribution is 7.21. The number of carbonyl (C=O) groups is 1. The Balaban J connectivity index is 1.96. The van der Waals surface area contributed by atoms with Crippen LogP contribution in [0.1, 0.15) is 47.8 Å². The van der Waals surface area contributed by atoms with Gasteiger partial charge in [-0.05, 0) is 38.3 Å². The molecule has 2 aromatic rings. The molecule has 5 heteroatoms. The SMILES string of the molecule is Cc1ccnc2sc(C(=O)NC3(C)CCCC3)c(N)c12. The number of anilines is 1. The largest absolute Gasteiger partial charge is 0.397 e. The Labute approximate surface area is 122 Å². The molecule has 0 unspecified atom stereocenters. The van der Waals surface area contributed by atoms with Crippen molar-refractivity contribution in [1.29, 1.82) is 0 Å². The van der Waals surface area contributed by atoms with Crippen molar-refractivity contribution in [2.75, 3.05) is 5.73 Å². The van der Waals surface area contributed by atoms with E-state index in [1.54, 1.807) is 6.20 Å². The van der Waals surface area contributed by atoms with Crippen molar-refractivity contribution in [1.82, 2.24) is 10.3 Å². The number of aromatic nitrogens is 1. The maximum atomic E-state index is 12.5. The maximum absolute atomic E-state index is 12.5. The van der Waals surface area contributed by atoms with Gasteiger partial charge in [0.2, 0.25) is 0 Å². The number of rotatable bonds is 2. The standard InChI is InChI=1S/C15H19N3OS/c1-9-5-8-17-14-10(9)11(16)12(20-14)13(19)18-15(2)6-3-4-7-15/h5,8H,3-4,6-7,16H2,1-2H3,(H,18,19). The van der Waals surface area contributed by atoms with Crippen LogP contribution in [0, 0.1) is 6.92 Å². The van der Waals surface area contributed by atoms with Crippen LogP contribution < -0.4 is 11.1 Å². The van der Waals surface area contributed by atoms with E-state index in [0.717, 1.165) is 28.6 Å². The van der Waals surface area contributed by atoms with Crippen molar-refractivity contribution in [2.45, 2.75) is 45.1 Å².